The van der Waals surface area contributed by atoms with Crippen molar-refractivity contribution < 1.29 is 58.5 Å². The minimum Gasteiger partial charge on any atom is -0.459 e. The molecular formula is C37H66N2O12. The van der Waals surface area contributed by atoms with E-state index in [2.05, 4.69) is 5.16 Å². The van der Waals surface area contributed by atoms with E-state index in [1.807, 2.05) is 53.6 Å². The monoisotopic (exact) mass is 730 g/mol. The molecule has 4 aliphatic rings. The third-order valence-corrected chi connectivity index (χ3v) is 12.1. The van der Waals surface area contributed by atoms with Gasteiger partial charge in [-0.25, -0.2) is 0 Å². The first-order valence-electron chi connectivity index (χ1n) is 18.7. The number of rotatable bonds is 7. The van der Waals surface area contributed by atoms with E-state index < -0.39 is 89.9 Å². The molecular weight excluding hydrogens is 664 g/mol. The molecule has 0 aromatic carbocycles. The molecule has 0 aliphatic carbocycles. The predicted molar refractivity (Wildman–Crippen MR) is 188 cm³/mol. The van der Waals surface area contributed by atoms with Crippen LogP contribution in [0.4, 0.5) is 0 Å². The minimum atomic E-state index is -1.60. The van der Waals surface area contributed by atoms with Crippen LogP contribution in [0.2, 0.25) is 0 Å². The average molecular weight is 731 g/mol. The van der Waals surface area contributed by atoms with Crippen LogP contribution < -0.4 is 0 Å². The second-order valence-electron chi connectivity index (χ2n) is 16.7. The Morgan fingerprint density at radius 1 is 0.961 bits per heavy atom. The number of hydrogen-bond acceptors (Lipinski definition) is 14. The molecule has 14 heteroatoms. The maximum absolute atomic E-state index is 14.2. The zero-order chi connectivity index (χ0) is 38.4. The largest absolute Gasteiger partial charge is 0.459 e. The van der Waals surface area contributed by atoms with Gasteiger partial charge in [-0.2, -0.15) is 0 Å². The fourth-order valence-corrected chi connectivity index (χ4v) is 8.90. The van der Waals surface area contributed by atoms with Crippen LogP contribution in [-0.4, -0.2) is 142 Å². The van der Waals surface area contributed by atoms with E-state index >= 15 is 0 Å². The number of carbonyl (C=O) groups excluding carboxylic acids is 1. The molecule has 14 nitrogen and oxygen atoms in total. The molecule has 0 aromatic rings. The Balaban J connectivity index is 1.82. The summed E-state index contributed by atoms with van der Waals surface area (Å²) < 4.78 is 37.6. The summed E-state index contributed by atoms with van der Waals surface area (Å²) in [6, 6.07) is -0.269. The lowest BCUT2D eigenvalue weighted by Crippen LogP contribution is -2.61. The third-order valence-electron chi connectivity index (χ3n) is 12.1. The summed E-state index contributed by atoms with van der Waals surface area (Å²) >= 11 is 0. The van der Waals surface area contributed by atoms with Gasteiger partial charge in [-0.1, -0.05) is 32.9 Å². The topological polar surface area (TPSA) is 178 Å². The number of methoxy groups -OCH3 is 1. The SMILES string of the molecule is CC[C@H]1OC(=O)[C@H](C)[C@@H](OC2C[C@@](C)(OC)[C@@H](O)[C@H](C)O2)[C@H](C)[C@@H](OC2O[C@H](C)C[C@H](N(C)C)[C@H]2O)[C@](C)(O)C[C@@H](C)C2=NO[C@H]([C@H]2C)[C@]1(C)O. The third kappa shape index (κ3) is 8.60. The molecule has 2 bridgehead atoms. The number of ether oxygens (including phenoxy) is 6. The van der Waals surface area contributed by atoms with E-state index in [-0.39, 0.29) is 36.8 Å². The molecule has 51 heavy (non-hydrogen) atoms. The molecule has 0 amide bonds. The molecule has 3 fully saturated rings. The Morgan fingerprint density at radius 2 is 1.61 bits per heavy atom. The minimum absolute atomic E-state index is 0.147. The van der Waals surface area contributed by atoms with Crippen molar-refractivity contribution in [3.8, 4) is 0 Å². The smallest absolute Gasteiger partial charge is 0.311 e. The van der Waals surface area contributed by atoms with Crippen molar-refractivity contribution in [1.82, 2.24) is 4.90 Å². The maximum atomic E-state index is 14.2. The molecule has 4 aliphatic heterocycles. The van der Waals surface area contributed by atoms with Crippen LogP contribution in [0.5, 0.6) is 0 Å². The highest BCUT2D eigenvalue weighted by molar-refractivity contribution is 5.89. The summed E-state index contributed by atoms with van der Waals surface area (Å²) in [5, 5.41) is 51.2. The molecule has 18 atom stereocenters. The number of aliphatic hydroxyl groups is 4. The molecule has 2 unspecified atom stereocenters. The normalized spacial score (nSPS) is 50.3. The molecule has 0 spiro atoms. The highest BCUT2D eigenvalue weighted by Gasteiger charge is 2.55. The van der Waals surface area contributed by atoms with Gasteiger partial charge in [0.15, 0.2) is 18.7 Å². The number of carbonyl (C=O) groups is 1. The standard InChI is InChI=1S/C37H66N2O12/c1-14-25-37(10,44)32-20(4)27(38-51-32)18(2)16-35(8,43)31(50-34-28(40)24(39(11)12)15-19(3)46-34)21(5)29(22(6)33(42)48-25)49-26-17-36(9,45-13)30(41)23(7)47-26/h18-26,28-32,34,40-41,43-44H,14-17H2,1-13H3/t18-,19-,20+,21+,22-,23+,24+,25-,26?,28-,29+,30+,31-,32-,34?,35-,36-,37-/m1/s1. The molecule has 296 valence electrons. The van der Waals surface area contributed by atoms with Crippen LogP contribution in [0, 0.1) is 23.7 Å². The van der Waals surface area contributed by atoms with Gasteiger partial charge in [0.2, 0.25) is 0 Å². The number of nitrogens with zero attached hydrogens (tertiary/aromatic N) is 2. The van der Waals surface area contributed by atoms with Crippen molar-refractivity contribution in [2.24, 2.45) is 28.8 Å². The molecule has 0 radical (unpaired) electrons. The van der Waals surface area contributed by atoms with Crippen molar-refractivity contribution >= 4 is 11.7 Å². The van der Waals surface area contributed by atoms with Crippen LogP contribution in [0.25, 0.3) is 0 Å². The fourth-order valence-electron chi connectivity index (χ4n) is 8.90. The van der Waals surface area contributed by atoms with Gasteiger partial charge in [0.1, 0.15) is 23.9 Å². The second-order valence-corrected chi connectivity index (χ2v) is 16.7. The lowest BCUT2D eigenvalue weighted by atomic mass is 9.74. The highest BCUT2D eigenvalue weighted by Crippen LogP contribution is 2.42. The summed E-state index contributed by atoms with van der Waals surface area (Å²) in [6.07, 6.45) is -7.51. The number of aliphatic hydroxyl groups excluding tert-OH is 2. The Hall–Kier alpha value is -1.46. The predicted octanol–water partition coefficient (Wildman–Crippen LogP) is 2.61. The highest BCUT2D eigenvalue weighted by atomic mass is 16.7. The van der Waals surface area contributed by atoms with E-state index in [1.54, 1.807) is 34.6 Å². The molecule has 3 saturated heterocycles. The number of hydrogen-bond donors (Lipinski definition) is 4. The lowest BCUT2D eigenvalue weighted by molar-refractivity contribution is -0.317. The van der Waals surface area contributed by atoms with Gasteiger partial charge in [-0.3, -0.25) is 4.79 Å². The van der Waals surface area contributed by atoms with Gasteiger partial charge in [-0.05, 0) is 74.9 Å². The first-order valence-corrected chi connectivity index (χ1v) is 18.7. The van der Waals surface area contributed by atoms with Gasteiger partial charge >= 0.3 is 5.97 Å². The van der Waals surface area contributed by atoms with Crippen molar-refractivity contribution in [2.75, 3.05) is 21.2 Å². The molecule has 0 aromatic heterocycles. The van der Waals surface area contributed by atoms with Crippen molar-refractivity contribution in [1.29, 1.82) is 0 Å². The summed E-state index contributed by atoms with van der Waals surface area (Å²) in [5.74, 6) is -3.02. The first-order chi connectivity index (χ1) is 23.6. The summed E-state index contributed by atoms with van der Waals surface area (Å²) in [6.45, 7) is 17.8. The van der Waals surface area contributed by atoms with Crippen LogP contribution in [0.15, 0.2) is 5.16 Å². The van der Waals surface area contributed by atoms with Gasteiger partial charge in [0.05, 0.1) is 47.2 Å². The second kappa shape index (κ2) is 16.1. The average Bonchev–Trinajstić information content (AvgIpc) is 3.45. The van der Waals surface area contributed by atoms with Crippen LogP contribution in [0.3, 0.4) is 0 Å². The van der Waals surface area contributed by atoms with Gasteiger partial charge in [-0.15, -0.1) is 0 Å². The quantitative estimate of drug-likeness (QED) is 0.282. The number of likely N-dealkylation sites (N-methyl/N-ethyl adjacent to an activating group) is 1. The van der Waals surface area contributed by atoms with E-state index in [0.29, 0.717) is 18.6 Å². The van der Waals surface area contributed by atoms with Crippen molar-refractivity contribution in [3.63, 3.8) is 0 Å². The Labute approximate surface area is 304 Å². The first kappa shape index (κ1) is 42.3. The zero-order valence-corrected chi connectivity index (χ0v) is 32.9. The molecule has 4 N–H and O–H groups in total. The van der Waals surface area contributed by atoms with E-state index in [1.165, 1.54) is 7.11 Å². The van der Waals surface area contributed by atoms with Crippen LogP contribution in [-0.2, 0) is 38.1 Å². The van der Waals surface area contributed by atoms with Gasteiger partial charge < -0.3 is 58.6 Å². The molecule has 4 rings (SSSR count). The number of cyclic esters (lactones) is 1. The van der Waals surface area contributed by atoms with Crippen molar-refractivity contribution in [3.05, 3.63) is 0 Å². The van der Waals surface area contributed by atoms with Gasteiger partial charge in [0, 0.05) is 37.3 Å². The van der Waals surface area contributed by atoms with E-state index in [0.717, 1.165) is 0 Å². The lowest BCUT2D eigenvalue weighted by Gasteiger charge is -2.49. The number of esters is 1. The summed E-state index contributed by atoms with van der Waals surface area (Å²) in [4.78, 5) is 22.0. The summed E-state index contributed by atoms with van der Waals surface area (Å²) in [7, 11) is 5.29. The van der Waals surface area contributed by atoms with Crippen LogP contribution >= 0.6 is 0 Å². The zero-order valence-electron chi connectivity index (χ0n) is 32.9. The van der Waals surface area contributed by atoms with E-state index in [4.69, 9.17) is 33.3 Å². The van der Waals surface area contributed by atoms with Gasteiger partial charge in [0.25, 0.3) is 0 Å². The Kier molecular flexibility index (Phi) is 13.4. The molecule has 4 heterocycles. The van der Waals surface area contributed by atoms with E-state index in [9.17, 15) is 25.2 Å². The Bertz CT molecular complexity index is 1220. The fraction of sp³-hybridized carbons (Fsp3) is 0.946. The van der Waals surface area contributed by atoms with Crippen LogP contribution in [0.1, 0.15) is 94.9 Å². The maximum Gasteiger partial charge on any atom is 0.311 e. The Morgan fingerprint density at radius 3 is 2.20 bits per heavy atom. The molecule has 0 saturated carbocycles. The number of oxime groups is 1. The number of fused-ring (bicyclic) bond motifs is 2. The summed E-state index contributed by atoms with van der Waals surface area (Å²) in [5.41, 5.74) is -3.54. The van der Waals surface area contributed by atoms with Crippen molar-refractivity contribution in [2.45, 2.75) is 179 Å².